The third kappa shape index (κ3) is 4.92. The standard InChI is InChI=1S/C27H24N2O6S/c1-36(32,33)23-13-11-21(12-14-23)34-19-7-9-20(10-8-19)35-22-17-29(18-22)25-6-4-5-24(27(30)31)26(25)28-15-2-3-16-28/h2-16,22H,17-18H2,1H3,(H,30,31). The number of nitrogens with zero attached hydrogens (tertiary/aromatic N) is 2. The second-order valence-electron chi connectivity index (χ2n) is 8.53. The molecule has 1 saturated heterocycles. The number of aromatic nitrogens is 1. The van der Waals surface area contributed by atoms with E-state index in [-0.39, 0.29) is 16.6 Å². The molecule has 1 aliphatic heterocycles. The molecule has 0 amide bonds. The molecule has 9 heteroatoms. The van der Waals surface area contributed by atoms with Crippen LogP contribution in [0.15, 0.2) is 96.2 Å². The van der Waals surface area contributed by atoms with Crippen LogP contribution in [0.3, 0.4) is 0 Å². The Hall–Kier alpha value is -4.24. The Kier molecular flexibility index (Phi) is 6.15. The van der Waals surface area contributed by atoms with Crippen LogP contribution in [0, 0.1) is 0 Å². The summed E-state index contributed by atoms with van der Waals surface area (Å²) in [4.78, 5) is 14.2. The average molecular weight is 505 g/mol. The molecule has 184 valence electrons. The average Bonchev–Trinajstić information content (AvgIpc) is 3.36. The van der Waals surface area contributed by atoms with Crippen LogP contribution in [0.1, 0.15) is 10.4 Å². The molecule has 0 atom stereocenters. The van der Waals surface area contributed by atoms with Crippen molar-refractivity contribution in [2.45, 2.75) is 11.0 Å². The molecule has 0 aliphatic carbocycles. The zero-order chi connectivity index (χ0) is 25.3. The number of hydrogen-bond acceptors (Lipinski definition) is 6. The zero-order valence-electron chi connectivity index (χ0n) is 19.4. The van der Waals surface area contributed by atoms with Crippen LogP contribution in [0.2, 0.25) is 0 Å². The molecule has 8 nitrogen and oxygen atoms in total. The maximum absolute atomic E-state index is 11.8. The fraction of sp³-hybridized carbons (Fsp3) is 0.148. The third-order valence-corrected chi connectivity index (χ3v) is 7.04. The fourth-order valence-corrected chi connectivity index (χ4v) is 4.72. The number of carboxylic acid groups (broad SMARTS) is 1. The lowest BCUT2D eigenvalue weighted by molar-refractivity contribution is 0.0697. The summed E-state index contributed by atoms with van der Waals surface area (Å²) in [6.07, 6.45) is 4.80. The highest BCUT2D eigenvalue weighted by molar-refractivity contribution is 7.90. The Morgan fingerprint density at radius 1 is 0.861 bits per heavy atom. The molecule has 1 aliphatic rings. The summed E-state index contributed by atoms with van der Waals surface area (Å²) < 4.78 is 36.9. The van der Waals surface area contributed by atoms with Gasteiger partial charge >= 0.3 is 5.97 Å². The van der Waals surface area contributed by atoms with Crippen molar-refractivity contribution >= 4 is 21.5 Å². The minimum absolute atomic E-state index is 0.0358. The maximum Gasteiger partial charge on any atom is 0.337 e. The van der Waals surface area contributed by atoms with Gasteiger partial charge in [0.05, 0.1) is 34.9 Å². The van der Waals surface area contributed by atoms with Crippen LogP contribution in [0.25, 0.3) is 5.69 Å². The predicted molar refractivity (Wildman–Crippen MR) is 135 cm³/mol. The monoisotopic (exact) mass is 504 g/mol. The van der Waals surface area contributed by atoms with Crippen LogP contribution < -0.4 is 14.4 Å². The normalized spacial score (nSPS) is 13.8. The number of aromatic carboxylic acids is 1. The number of ether oxygens (including phenoxy) is 2. The number of benzene rings is 3. The molecule has 1 N–H and O–H groups in total. The van der Waals surface area contributed by atoms with Gasteiger partial charge in [-0.05, 0) is 72.8 Å². The minimum atomic E-state index is -3.25. The van der Waals surface area contributed by atoms with Gasteiger partial charge in [0.1, 0.15) is 23.4 Å². The minimum Gasteiger partial charge on any atom is -0.487 e. The van der Waals surface area contributed by atoms with Gasteiger partial charge in [0.2, 0.25) is 0 Å². The zero-order valence-corrected chi connectivity index (χ0v) is 20.3. The van der Waals surface area contributed by atoms with Crippen LogP contribution in [0.4, 0.5) is 5.69 Å². The number of rotatable bonds is 8. The first-order valence-corrected chi connectivity index (χ1v) is 13.2. The van der Waals surface area contributed by atoms with Gasteiger partial charge in [-0.1, -0.05) is 6.07 Å². The first-order chi connectivity index (χ1) is 17.3. The lowest BCUT2D eigenvalue weighted by atomic mass is 10.1. The molecule has 36 heavy (non-hydrogen) atoms. The van der Waals surface area contributed by atoms with E-state index >= 15 is 0 Å². The van der Waals surface area contributed by atoms with Crippen molar-refractivity contribution in [3.8, 4) is 22.9 Å². The van der Waals surface area contributed by atoms with E-state index < -0.39 is 15.8 Å². The molecule has 5 rings (SSSR count). The summed E-state index contributed by atoms with van der Waals surface area (Å²) in [5, 5.41) is 9.68. The van der Waals surface area contributed by atoms with Gasteiger partial charge in [-0.15, -0.1) is 0 Å². The number of sulfone groups is 1. The highest BCUT2D eigenvalue weighted by atomic mass is 32.2. The second kappa shape index (κ2) is 9.43. The van der Waals surface area contributed by atoms with Gasteiger partial charge < -0.3 is 24.0 Å². The summed E-state index contributed by atoms with van der Waals surface area (Å²) in [5.74, 6) is 0.867. The highest BCUT2D eigenvalue weighted by Gasteiger charge is 2.31. The number of carbonyl (C=O) groups is 1. The molecule has 0 bridgehead atoms. The van der Waals surface area contributed by atoms with Gasteiger partial charge in [0.25, 0.3) is 0 Å². The topological polar surface area (TPSA) is 98.1 Å². The molecule has 0 saturated carbocycles. The lowest BCUT2D eigenvalue weighted by Gasteiger charge is -2.41. The van der Waals surface area contributed by atoms with Crippen molar-refractivity contribution < 1.29 is 27.8 Å². The molecule has 4 aromatic rings. The van der Waals surface area contributed by atoms with Gasteiger partial charge in [-0.3, -0.25) is 0 Å². The molecule has 1 fully saturated rings. The van der Waals surface area contributed by atoms with E-state index in [0.29, 0.717) is 36.0 Å². The van der Waals surface area contributed by atoms with Crippen molar-refractivity contribution in [2.75, 3.05) is 24.2 Å². The Balaban J connectivity index is 1.22. The number of carboxylic acids is 1. The molecule has 1 aromatic heterocycles. The summed E-state index contributed by atoms with van der Waals surface area (Å²) in [5.41, 5.74) is 1.73. The largest absolute Gasteiger partial charge is 0.487 e. The van der Waals surface area contributed by atoms with E-state index in [1.165, 1.54) is 12.1 Å². The number of anilines is 1. The molecular weight excluding hydrogens is 480 g/mol. The van der Waals surface area contributed by atoms with Crippen LogP contribution in [-0.4, -0.2) is 49.5 Å². The van der Waals surface area contributed by atoms with Gasteiger partial charge in [-0.25, -0.2) is 13.2 Å². The van der Waals surface area contributed by atoms with Gasteiger partial charge in [-0.2, -0.15) is 0 Å². The quantitative estimate of drug-likeness (QED) is 0.373. The van der Waals surface area contributed by atoms with Crippen molar-refractivity contribution in [1.82, 2.24) is 4.57 Å². The summed E-state index contributed by atoms with van der Waals surface area (Å²) in [7, 11) is -3.25. The van der Waals surface area contributed by atoms with E-state index in [2.05, 4.69) is 4.90 Å². The first-order valence-electron chi connectivity index (χ1n) is 11.3. The number of para-hydroxylation sites is 1. The molecule has 0 unspecified atom stereocenters. The molecule has 2 heterocycles. The predicted octanol–water partition coefficient (Wildman–Crippen LogP) is 4.64. The summed E-state index contributed by atoms with van der Waals surface area (Å²) in [6, 6.07) is 22.5. The Morgan fingerprint density at radius 3 is 2.03 bits per heavy atom. The molecule has 3 aromatic carbocycles. The number of hydrogen-bond donors (Lipinski definition) is 1. The van der Waals surface area contributed by atoms with Crippen LogP contribution >= 0.6 is 0 Å². The van der Waals surface area contributed by atoms with Gasteiger partial charge in [0.15, 0.2) is 9.84 Å². The van der Waals surface area contributed by atoms with E-state index in [1.807, 2.05) is 47.3 Å². The maximum atomic E-state index is 11.8. The lowest BCUT2D eigenvalue weighted by Crippen LogP contribution is -2.54. The van der Waals surface area contributed by atoms with Crippen molar-refractivity contribution in [1.29, 1.82) is 0 Å². The van der Waals surface area contributed by atoms with Gasteiger partial charge in [0, 0.05) is 18.6 Å². The Bertz CT molecular complexity index is 1470. The molecular formula is C27H24N2O6S. The third-order valence-electron chi connectivity index (χ3n) is 5.91. The summed E-state index contributed by atoms with van der Waals surface area (Å²) >= 11 is 0. The van der Waals surface area contributed by atoms with Crippen molar-refractivity contribution in [3.63, 3.8) is 0 Å². The van der Waals surface area contributed by atoms with Crippen molar-refractivity contribution in [2.24, 2.45) is 0 Å². The van der Waals surface area contributed by atoms with E-state index in [1.54, 1.807) is 36.4 Å². The second-order valence-corrected chi connectivity index (χ2v) is 10.5. The SMILES string of the molecule is CS(=O)(=O)c1ccc(Oc2ccc(OC3CN(c4cccc(C(=O)O)c4-n4cccc4)C3)cc2)cc1. The van der Waals surface area contributed by atoms with Crippen LogP contribution in [-0.2, 0) is 9.84 Å². The van der Waals surface area contributed by atoms with E-state index in [4.69, 9.17) is 9.47 Å². The highest BCUT2D eigenvalue weighted by Crippen LogP contribution is 2.33. The van der Waals surface area contributed by atoms with E-state index in [0.717, 1.165) is 11.9 Å². The molecule has 0 radical (unpaired) electrons. The molecule has 0 spiro atoms. The Morgan fingerprint density at radius 2 is 1.44 bits per heavy atom. The fourth-order valence-electron chi connectivity index (χ4n) is 4.09. The first kappa shape index (κ1) is 23.5. The Labute approximate surface area is 208 Å². The van der Waals surface area contributed by atoms with Crippen molar-refractivity contribution in [3.05, 3.63) is 96.8 Å². The summed E-state index contributed by atoms with van der Waals surface area (Å²) in [6.45, 7) is 1.25. The smallest absolute Gasteiger partial charge is 0.337 e. The van der Waals surface area contributed by atoms with Crippen LogP contribution in [0.5, 0.6) is 17.2 Å². The van der Waals surface area contributed by atoms with E-state index in [9.17, 15) is 18.3 Å².